The van der Waals surface area contributed by atoms with E-state index in [2.05, 4.69) is 9.99 Å². The van der Waals surface area contributed by atoms with Crippen LogP contribution in [0, 0.1) is 5.82 Å². The Kier molecular flexibility index (Phi) is 5.18. The van der Waals surface area contributed by atoms with Crippen LogP contribution < -0.4 is 4.74 Å². The molecule has 0 aliphatic rings. The highest BCUT2D eigenvalue weighted by Crippen LogP contribution is 2.37. The van der Waals surface area contributed by atoms with E-state index in [0.29, 0.717) is 0 Å². The van der Waals surface area contributed by atoms with Gasteiger partial charge < -0.3 is 14.7 Å². The summed E-state index contributed by atoms with van der Waals surface area (Å²) in [6.45, 7) is 1.16. The molecule has 0 saturated heterocycles. The second-order valence-corrected chi connectivity index (χ2v) is 4.86. The molecule has 5 nitrogen and oxygen atoms in total. The highest BCUT2D eigenvalue weighted by Gasteiger charge is 2.20. The molecule has 0 unspecified atom stereocenters. The van der Waals surface area contributed by atoms with Gasteiger partial charge in [-0.25, -0.2) is 9.18 Å². The zero-order valence-corrected chi connectivity index (χ0v) is 13.1. The third-order valence-corrected chi connectivity index (χ3v) is 3.32. The Morgan fingerprint density at radius 3 is 2.52 bits per heavy atom. The van der Waals surface area contributed by atoms with Crippen molar-refractivity contribution in [1.29, 1.82) is 0 Å². The molecule has 0 aliphatic heterocycles. The lowest BCUT2D eigenvalue weighted by molar-refractivity contribution is -0.140. The van der Waals surface area contributed by atoms with Crippen molar-refractivity contribution < 1.29 is 23.9 Å². The zero-order chi connectivity index (χ0) is 17.0. The zero-order valence-electron chi connectivity index (χ0n) is 12.3. The molecule has 0 radical (unpaired) electrons. The summed E-state index contributed by atoms with van der Waals surface area (Å²) < 4.78 is 19.1. The lowest BCUT2D eigenvalue weighted by atomic mass is 10.0. The minimum Gasteiger partial charge on any atom is -0.506 e. The number of aromatic hydroxyl groups is 1. The number of nitrogens with zero attached hydrogens (tertiary/aromatic N) is 1. The molecule has 2 aromatic carbocycles. The van der Waals surface area contributed by atoms with Crippen LogP contribution in [0.3, 0.4) is 0 Å². The van der Waals surface area contributed by atoms with Crippen molar-refractivity contribution in [3.63, 3.8) is 0 Å². The van der Waals surface area contributed by atoms with Crippen molar-refractivity contribution in [3.05, 3.63) is 58.4 Å². The summed E-state index contributed by atoms with van der Waals surface area (Å²) in [4.78, 5) is 15.6. The number of carbonyl (C=O) groups is 1. The molecule has 0 saturated carbocycles. The van der Waals surface area contributed by atoms with Crippen LogP contribution in [0.15, 0.2) is 41.6 Å². The maximum atomic E-state index is 14.1. The number of halogens is 2. The van der Waals surface area contributed by atoms with Gasteiger partial charge in [0.25, 0.3) is 0 Å². The Bertz CT molecular complexity index is 777. The number of carbonyl (C=O) groups excluding carboxylic acids is 1. The second kappa shape index (κ2) is 7.11. The van der Waals surface area contributed by atoms with Crippen LogP contribution in [0.25, 0.3) is 0 Å². The van der Waals surface area contributed by atoms with Crippen LogP contribution >= 0.6 is 11.6 Å². The summed E-state index contributed by atoms with van der Waals surface area (Å²) in [5, 5.41) is 13.8. The summed E-state index contributed by atoms with van der Waals surface area (Å²) in [7, 11) is 1.39. The fourth-order valence-electron chi connectivity index (χ4n) is 1.90. The fourth-order valence-corrected chi connectivity index (χ4v) is 2.14. The lowest BCUT2D eigenvalue weighted by Crippen LogP contribution is -2.09. The number of methoxy groups -OCH3 is 1. The molecule has 0 atom stereocenters. The topological polar surface area (TPSA) is 68.1 Å². The van der Waals surface area contributed by atoms with Gasteiger partial charge in [-0.2, -0.15) is 0 Å². The number of phenols is 1. The van der Waals surface area contributed by atoms with E-state index in [1.807, 2.05) is 0 Å². The number of hydrogen-bond acceptors (Lipinski definition) is 5. The highest BCUT2D eigenvalue weighted by atomic mass is 35.5. The first-order chi connectivity index (χ1) is 11.0. The summed E-state index contributed by atoms with van der Waals surface area (Å²) in [6.07, 6.45) is 0. The van der Waals surface area contributed by atoms with E-state index in [1.165, 1.54) is 37.4 Å². The van der Waals surface area contributed by atoms with E-state index in [0.717, 1.165) is 6.92 Å². The van der Waals surface area contributed by atoms with Crippen molar-refractivity contribution in [2.45, 2.75) is 6.92 Å². The summed E-state index contributed by atoms with van der Waals surface area (Å²) in [6, 6.07) is 8.68. The average Bonchev–Trinajstić information content (AvgIpc) is 2.52. The first-order valence-electron chi connectivity index (χ1n) is 6.52. The van der Waals surface area contributed by atoms with Crippen molar-refractivity contribution in [3.8, 4) is 11.5 Å². The average molecular weight is 338 g/mol. The molecule has 0 heterocycles. The Hall–Kier alpha value is -2.60. The van der Waals surface area contributed by atoms with Gasteiger partial charge in [-0.05, 0) is 24.3 Å². The Morgan fingerprint density at radius 2 is 1.91 bits per heavy atom. The minimum atomic E-state index is -0.682. The standard InChI is InChI=1S/C16H13ClFNO4/c1-9(20)23-19-15(10-5-3-4-6-12(10)18)11-7-8-13(22-2)14(17)16(11)21/h3-8,21H,1-2H3/b19-15+. The number of benzene rings is 2. The van der Waals surface area contributed by atoms with Gasteiger partial charge in [-0.15, -0.1) is 0 Å². The highest BCUT2D eigenvalue weighted by molar-refractivity contribution is 6.34. The lowest BCUT2D eigenvalue weighted by Gasteiger charge is -2.12. The normalized spacial score (nSPS) is 11.2. The third-order valence-electron chi connectivity index (χ3n) is 2.95. The molecule has 1 N–H and O–H groups in total. The van der Waals surface area contributed by atoms with Crippen molar-refractivity contribution in [2.75, 3.05) is 7.11 Å². The van der Waals surface area contributed by atoms with Gasteiger partial charge >= 0.3 is 5.97 Å². The molecule has 120 valence electrons. The quantitative estimate of drug-likeness (QED) is 0.526. The molecule has 2 rings (SSSR count). The van der Waals surface area contributed by atoms with Crippen LogP contribution in [0.1, 0.15) is 18.1 Å². The summed E-state index contributed by atoms with van der Waals surface area (Å²) in [5.41, 5.74) is 0.0767. The van der Waals surface area contributed by atoms with Gasteiger partial charge in [0.15, 0.2) is 0 Å². The van der Waals surface area contributed by atoms with Crippen LogP contribution in [0.2, 0.25) is 5.02 Å². The van der Waals surface area contributed by atoms with E-state index in [1.54, 1.807) is 6.07 Å². The number of oxime groups is 1. The van der Waals surface area contributed by atoms with E-state index >= 15 is 0 Å². The van der Waals surface area contributed by atoms with Crippen LogP contribution in [-0.4, -0.2) is 23.9 Å². The molecule has 23 heavy (non-hydrogen) atoms. The number of phenolic OH excluding ortho intramolecular Hbond substituents is 1. The van der Waals surface area contributed by atoms with Crippen molar-refractivity contribution in [2.24, 2.45) is 5.16 Å². The van der Waals surface area contributed by atoms with Gasteiger partial charge in [0.05, 0.1) is 7.11 Å². The Balaban J connectivity index is 2.64. The molecule has 0 amide bonds. The molecule has 0 aromatic heterocycles. The number of ether oxygens (including phenoxy) is 1. The monoisotopic (exact) mass is 337 g/mol. The molecular weight excluding hydrogens is 325 g/mol. The van der Waals surface area contributed by atoms with E-state index < -0.39 is 11.8 Å². The molecule has 0 bridgehead atoms. The second-order valence-electron chi connectivity index (χ2n) is 4.48. The third kappa shape index (κ3) is 3.60. The van der Waals surface area contributed by atoms with Gasteiger partial charge in [0.2, 0.25) is 0 Å². The Labute approximate surface area is 136 Å². The summed E-state index contributed by atoms with van der Waals surface area (Å²) in [5.74, 6) is -1.39. The Morgan fingerprint density at radius 1 is 1.22 bits per heavy atom. The number of rotatable bonds is 4. The van der Waals surface area contributed by atoms with Gasteiger partial charge in [-0.1, -0.05) is 28.9 Å². The summed E-state index contributed by atoms with van der Waals surface area (Å²) >= 11 is 6.00. The van der Waals surface area contributed by atoms with Crippen LogP contribution in [-0.2, 0) is 9.63 Å². The maximum Gasteiger partial charge on any atom is 0.332 e. The molecule has 0 aliphatic carbocycles. The van der Waals surface area contributed by atoms with Crippen molar-refractivity contribution >= 4 is 23.3 Å². The molecular formula is C16H13ClFNO4. The predicted molar refractivity (Wildman–Crippen MR) is 83.5 cm³/mol. The van der Waals surface area contributed by atoms with E-state index in [4.69, 9.17) is 16.3 Å². The molecule has 7 heteroatoms. The molecule has 0 fully saturated rings. The van der Waals surface area contributed by atoms with Gasteiger partial charge in [0, 0.05) is 18.1 Å². The SMILES string of the molecule is COc1ccc(/C(=N/OC(C)=O)c2ccccc2F)c(O)c1Cl. The smallest absolute Gasteiger partial charge is 0.332 e. The van der Waals surface area contributed by atoms with E-state index in [9.17, 15) is 14.3 Å². The van der Waals surface area contributed by atoms with Crippen LogP contribution in [0.5, 0.6) is 11.5 Å². The minimum absolute atomic E-state index is 0.0466. The molecule has 2 aromatic rings. The van der Waals surface area contributed by atoms with Crippen LogP contribution in [0.4, 0.5) is 4.39 Å². The van der Waals surface area contributed by atoms with E-state index in [-0.39, 0.29) is 33.4 Å². The maximum absolute atomic E-state index is 14.1. The largest absolute Gasteiger partial charge is 0.506 e. The van der Waals surface area contributed by atoms with Gasteiger partial charge in [0.1, 0.15) is 28.1 Å². The fraction of sp³-hybridized carbons (Fsp3) is 0.125. The van der Waals surface area contributed by atoms with Gasteiger partial charge in [-0.3, -0.25) is 0 Å². The predicted octanol–water partition coefficient (Wildman–Crippen LogP) is 3.51. The first-order valence-corrected chi connectivity index (χ1v) is 6.89. The first kappa shape index (κ1) is 16.8. The van der Waals surface area contributed by atoms with Crippen molar-refractivity contribution in [1.82, 2.24) is 0 Å². The molecule has 0 spiro atoms. The number of hydrogen-bond donors (Lipinski definition) is 1.